The lowest BCUT2D eigenvalue weighted by Crippen LogP contribution is -2.52. The molecule has 0 saturated heterocycles. The zero-order valence-electron chi connectivity index (χ0n) is 16.8. The van der Waals surface area contributed by atoms with Gasteiger partial charge in [-0.2, -0.15) is 13.2 Å². The lowest BCUT2D eigenvalue weighted by atomic mass is 9.77. The molecule has 1 spiro atoms. The molecule has 2 aromatic rings. The van der Waals surface area contributed by atoms with Crippen LogP contribution in [0.3, 0.4) is 0 Å². The van der Waals surface area contributed by atoms with E-state index in [0.717, 1.165) is 22.5 Å². The van der Waals surface area contributed by atoms with Crippen molar-refractivity contribution in [2.24, 2.45) is 10.7 Å². The van der Waals surface area contributed by atoms with Gasteiger partial charge in [-0.25, -0.2) is 27.7 Å². The number of carbonyl (C=O) groups is 1. The number of hydrogen-bond donors (Lipinski definition) is 2. The van der Waals surface area contributed by atoms with Crippen molar-refractivity contribution in [3.8, 4) is 0 Å². The molecule has 0 radical (unpaired) electrons. The first-order valence-corrected chi connectivity index (χ1v) is 11.2. The van der Waals surface area contributed by atoms with Crippen molar-refractivity contribution in [3.05, 3.63) is 53.1 Å². The van der Waals surface area contributed by atoms with Crippen LogP contribution in [0.2, 0.25) is 0 Å². The van der Waals surface area contributed by atoms with Gasteiger partial charge in [-0.3, -0.25) is 4.79 Å². The smallest absolute Gasteiger partial charge is 0.369 e. The number of aryl methyl sites for hydroxylation is 1. The average Bonchev–Trinajstić information content (AvgIpc) is 2.72. The Morgan fingerprint density at radius 3 is 2.62 bits per heavy atom. The Bertz CT molecular complexity index is 1210. The Hall–Kier alpha value is -3.22. The third-order valence-electron chi connectivity index (χ3n) is 5.57. The molecular formula is C19H19F3N6O3S. The van der Waals surface area contributed by atoms with Crippen LogP contribution >= 0.6 is 0 Å². The van der Waals surface area contributed by atoms with Gasteiger partial charge in [0.15, 0.2) is 5.69 Å². The van der Waals surface area contributed by atoms with Crippen LogP contribution < -0.4 is 11.1 Å². The second-order valence-electron chi connectivity index (χ2n) is 7.69. The molecule has 0 fully saturated rings. The molecule has 1 atom stereocenters. The SMILES string of the molecule is CN1C(N)=N[C@@]2(CCCc3ccc(NC(=O)c4cnc(C(F)(F)F)cn4)cc32)CS1(=O)=O. The van der Waals surface area contributed by atoms with Crippen LogP contribution in [0.1, 0.15) is 40.2 Å². The number of halogens is 3. The molecule has 3 N–H and O–H groups in total. The number of sulfonamides is 1. The van der Waals surface area contributed by atoms with Gasteiger partial charge >= 0.3 is 6.18 Å². The Kier molecular flexibility index (Phi) is 5.11. The second kappa shape index (κ2) is 7.43. The van der Waals surface area contributed by atoms with E-state index in [1.165, 1.54) is 7.05 Å². The highest BCUT2D eigenvalue weighted by Crippen LogP contribution is 2.43. The predicted octanol–water partition coefficient (Wildman–Crippen LogP) is 1.87. The maximum Gasteiger partial charge on any atom is 0.434 e. The molecule has 32 heavy (non-hydrogen) atoms. The maximum atomic E-state index is 12.6. The summed E-state index contributed by atoms with van der Waals surface area (Å²) in [6, 6.07) is 5.02. The normalized spacial score (nSPS) is 22.2. The van der Waals surface area contributed by atoms with Crippen molar-refractivity contribution in [1.82, 2.24) is 14.3 Å². The van der Waals surface area contributed by atoms with E-state index in [2.05, 4.69) is 20.3 Å². The number of carbonyl (C=O) groups excluding carboxylic acids is 1. The van der Waals surface area contributed by atoms with Crippen LogP contribution in [-0.4, -0.2) is 47.4 Å². The largest absolute Gasteiger partial charge is 0.434 e. The third kappa shape index (κ3) is 3.87. The Morgan fingerprint density at radius 1 is 1.25 bits per heavy atom. The summed E-state index contributed by atoms with van der Waals surface area (Å²) in [6.45, 7) is 0. The molecule has 9 nitrogen and oxygen atoms in total. The summed E-state index contributed by atoms with van der Waals surface area (Å²) < 4.78 is 64.1. The van der Waals surface area contributed by atoms with Gasteiger partial charge < -0.3 is 11.1 Å². The quantitative estimate of drug-likeness (QED) is 0.692. The van der Waals surface area contributed by atoms with E-state index in [9.17, 15) is 26.4 Å². The van der Waals surface area contributed by atoms with Gasteiger partial charge in [-0.1, -0.05) is 6.07 Å². The maximum absolute atomic E-state index is 12.6. The van der Waals surface area contributed by atoms with Crippen LogP contribution in [-0.2, 0) is 28.2 Å². The van der Waals surface area contributed by atoms with Crippen molar-refractivity contribution >= 4 is 27.6 Å². The monoisotopic (exact) mass is 468 g/mol. The standard InChI is InChI=1S/C19H19F3N6O3S/c1-28-17(23)27-18(10-32(28,30)31)6-2-3-11-4-5-12(7-13(11)18)26-16(29)14-8-25-15(9-24-14)19(20,21)22/h4-5,7-9H,2-3,6,10H2,1H3,(H2,23,27)(H,26,29)/t18-/m0/s1. The molecule has 1 aliphatic carbocycles. The summed E-state index contributed by atoms with van der Waals surface area (Å²) in [5, 5.41) is 2.57. The van der Waals surface area contributed by atoms with Crippen LogP contribution in [0.15, 0.2) is 35.6 Å². The molecule has 4 rings (SSSR count). The lowest BCUT2D eigenvalue weighted by Gasteiger charge is -2.40. The molecule has 170 valence electrons. The van der Waals surface area contributed by atoms with Crippen molar-refractivity contribution in [2.75, 3.05) is 18.1 Å². The molecule has 13 heteroatoms. The molecule has 1 aromatic carbocycles. The van der Waals surface area contributed by atoms with E-state index in [1.807, 2.05) is 0 Å². The fraction of sp³-hybridized carbons (Fsp3) is 0.368. The summed E-state index contributed by atoms with van der Waals surface area (Å²) in [6.07, 6.45) is -1.54. The first kappa shape index (κ1) is 22.0. The van der Waals surface area contributed by atoms with Crippen LogP contribution in [0, 0.1) is 0 Å². The van der Waals surface area contributed by atoms with E-state index in [-0.39, 0.29) is 17.4 Å². The molecule has 1 aromatic heterocycles. The molecule has 1 amide bonds. The van der Waals surface area contributed by atoms with E-state index >= 15 is 0 Å². The summed E-state index contributed by atoms with van der Waals surface area (Å²) in [7, 11) is -2.34. The number of benzene rings is 1. The number of alkyl halides is 3. The van der Waals surface area contributed by atoms with Crippen molar-refractivity contribution in [1.29, 1.82) is 0 Å². The van der Waals surface area contributed by atoms with Gasteiger partial charge in [0, 0.05) is 12.7 Å². The van der Waals surface area contributed by atoms with E-state index in [0.29, 0.717) is 30.3 Å². The molecule has 0 unspecified atom stereocenters. The van der Waals surface area contributed by atoms with E-state index in [4.69, 9.17) is 5.73 Å². The molecule has 0 bridgehead atoms. The van der Waals surface area contributed by atoms with Crippen LogP contribution in [0.25, 0.3) is 0 Å². The van der Waals surface area contributed by atoms with Crippen LogP contribution in [0.4, 0.5) is 18.9 Å². The van der Waals surface area contributed by atoms with E-state index < -0.39 is 33.3 Å². The fourth-order valence-corrected chi connectivity index (χ4v) is 5.41. The molecule has 1 aliphatic heterocycles. The number of hydrogen-bond acceptors (Lipinski definition) is 7. The van der Waals surface area contributed by atoms with Gasteiger partial charge in [-0.05, 0) is 42.5 Å². The van der Waals surface area contributed by atoms with Crippen molar-refractivity contribution < 1.29 is 26.4 Å². The predicted molar refractivity (Wildman–Crippen MR) is 109 cm³/mol. The zero-order chi connectivity index (χ0) is 23.3. The molecule has 2 heterocycles. The number of rotatable bonds is 2. The number of anilines is 1. The van der Waals surface area contributed by atoms with Gasteiger partial charge in [0.05, 0.1) is 18.1 Å². The summed E-state index contributed by atoms with van der Waals surface area (Å²) in [4.78, 5) is 23.7. The van der Waals surface area contributed by atoms with E-state index in [1.54, 1.807) is 18.2 Å². The highest BCUT2D eigenvalue weighted by Gasteiger charge is 2.46. The molecule has 0 saturated carbocycles. The third-order valence-corrected chi connectivity index (χ3v) is 7.43. The number of guanidine groups is 1. The van der Waals surface area contributed by atoms with Gasteiger partial charge in [0.25, 0.3) is 5.91 Å². The number of amides is 1. The number of nitrogens with two attached hydrogens (primary N) is 1. The lowest BCUT2D eigenvalue weighted by molar-refractivity contribution is -0.141. The molecular weight excluding hydrogens is 449 g/mol. The highest BCUT2D eigenvalue weighted by atomic mass is 32.2. The fourth-order valence-electron chi connectivity index (χ4n) is 3.93. The molecule has 2 aliphatic rings. The number of nitrogens with zero attached hydrogens (tertiary/aromatic N) is 4. The Labute approximate surface area is 181 Å². The minimum atomic E-state index is -4.66. The topological polar surface area (TPSA) is 131 Å². The summed E-state index contributed by atoms with van der Waals surface area (Å²) >= 11 is 0. The van der Waals surface area contributed by atoms with Gasteiger partial charge in [0.2, 0.25) is 16.0 Å². The minimum absolute atomic E-state index is 0.112. The first-order chi connectivity index (χ1) is 14.9. The van der Waals surface area contributed by atoms with Gasteiger partial charge in [-0.15, -0.1) is 0 Å². The van der Waals surface area contributed by atoms with Crippen molar-refractivity contribution in [2.45, 2.75) is 31.0 Å². The summed E-state index contributed by atoms with van der Waals surface area (Å²) in [5.41, 5.74) is 5.16. The Morgan fingerprint density at radius 2 is 2.00 bits per heavy atom. The minimum Gasteiger partial charge on any atom is -0.369 e. The number of aliphatic imine (C=N–C) groups is 1. The summed E-state index contributed by atoms with van der Waals surface area (Å²) in [5.74, 6) is -1.12. The second-order valence-corrected chi connectivity index (χ2v) is 9.69. The van der Waals surface area contributed by atoms with Gasteiger partial charge in [0.1, 0.15) is 11.2 Å². The number of nitrogens with one attached hydrogen (secondary N) is 1. The highest BCUT2D eigenvalue weighted by molar-refractivity contribution is 7.89. The average molecular weight is 468 g/mol. The number of fused-ring (bicyclic) bond motifs is 2. The Balaban J connectivity index is 1.65. The zero-order valence-corrected chi connectivity index (χ0v) is 17.7. The van der Waals surface area contributed by atoms with Crippen LogP contribution in [0.5, 0.6) is 0 Å². The van der Waals surface area contributed by atoms with Crippen molar-refractivity contribution in [3.63, 3.8) is 0 Å². The first-order valence-electron chi connectivity index (χ1n) is 9.57. The number of aromatic nitrogens is 2.